The highest BCUT2D eigenvalue weighted by molar-refractivity contribution is 5.26. The summed E-state index contributed by atoms with van der Waals surface area (Å²) in [6.45, 7) is 7.49. The third-order valence-electron chi connectivity index (χ3n) is 6.16. The predicted molar refractivity (Wildman–Crippen MR) is 99.0 cm³/mol. The van der Waals surface area contributed by atoms with Gasteiger partial charge < -0.3 is 5.11 Å². The number of rotatable bonds is 5. The van der Waals surface area contributed by atoms with Gasteiger partial charge in [0.25, 0.3) is 0 Å². The number of aromatic nitrogens is 2. The van der Waals surface area contributed by atoms with Crippen molar-refractivity contribution in [2.45, 2.75) is 63.4 Å². The Labute approximate surface area is 153 Å². The summed E-state index contributed by atoms with van der Waals surface area (Å²) < 4.78 is 15.2. The zero-order valence-electron chi connectivity index (χ0n) is 15.2. The molecule has 2 bridgehead atoms. The normalized spacial score (nSPS) is 28.4. The van der Waals surface area contributed by atoms with E-state index < -0.39 is 5.60 Å². The van der Waals surface area contributed by atoms with E-state index in [0.29, 0.717) is 24.9 Å². The Balaban J connectivity index is 1.52. The third kappa shape index (κ3) is 2.99. The molecule has 2 atom stereocenters. The molecule has 5 heteroatoms. The zero-order valence-corrected chi connectivity index (χ0v) is 15.2. The SMILES string of the molecule is C=CCn1ncc(CN2C3CCC2CC(O)(c2ccc(F)cc2)C3)c1C. The molecule has 0 saturated carbocycles. The zero-order chi connectivity index (χ0) is 18.3. The first-order chi connectivity index (χ1) is 12.5. The van der Waals surface area contributed by atoms with Gasteiger partial charge in [-0.3, -0.25) is 9.58 Å². The molecule has 1 N–H and O–H groups in total. The van der Waals surface area contributed by atoms with Crippen LogP contribution in [0.1, 0.15) is 42.5 Å². The molecule has 2 saturated heterocycles. The van der Waals surface area contributed by atoms with E-state index in [-0.39, 0.29) is 5.82 Å². The molecule has 1 aromatic carbocycles. The first-order valence-corrected chi connectivity index (χ1v) is 9.36. The van der Waals surface area contributed by atoms with Crippen molar-refractivity contribution in [1.82, 2.24) is 14.7 Å². The number of aliphatic hydroxyl groups is 1. The van der Waals surface area contributed by atoms with Gasteiger partial charge in [0.15, 0.2) is 0 Å². The summed E-state index contributed by atoms with van der Waals surface area (Å²) in [5.41, 5.74) is 2.42. The molecule has 0 radical (unpaired) electrons. The molecule has 2 fully saturated rings. The van der Waals surface area contributed by atoms with Crippen LogP contribution >= 0.6 is 0 Å². The monoisotopic (exact) mass is 355 g/mol. The van der Waals surface area contributed by atoms with Crippen LogP contribution in [0.5, 0.6) is 0 Å². The molecule has 0 spiro atoms. The first kappa shape index (κ1) is 17.4. The maximum atomic E-state index is 13.2. The van der Waals surface area contributed by atoms with E-state index in [1.165, 1.54) is 23.4 Å². The quantitative estimate of drug-likeness (QED) is 0.834. The van der Waals surface area contributed by atoms with Crippen molar-refractivity contribution in [1.29, 1.82) is 0 Å². The lowest BCUT2D eigenvalue weighted by molar-refractivity contribution is -0.0595. The van der Waals surface area contributed by atoms with Crippen LogP contribution in [0.2, 0.25) is 0 Å². The average molecular weight is 355 g/mol. The van der Waals surface area contributed by atoms with E-state index in [1.807, 2.05) is 17.0 Å². The number of halogens is 1. The Kier molecular flexibility index (Phi) is 4.45. The summed E-state index contributed by atoms with van der Waals surface area (Å²) in [5.74, 6) is -0.259. The molecular formula is C21H26FN3O. The fourth-order valence-corrected chi connectivity index (χ4v) is 4.71. The van der Waals surface area contributed by atoms with E-state index in [2.05, 4.69) is 23.5 Å². The van der Waals surface area contributed by atoms with Gasteiger partial charge in [-0.1, -0.05) is 18.2 Å². The van der Waals surface area contributed by atoms with Gasteiger partial charge in [0.1, 0.15) is 5.82 Å². The molecule has 0 amide bonds. The second-order valence-corrected chi connectivity index (χ2v) is 7.73. The lowest BCUT2D eigenvalue weighted by Gasteiger charge is -2.44. The molecule has 2 unspecified atom stereocenters. The fraction of sp³-hybridized carbons (Fsp3) is 0.476. The highest BCUT2D eigenvalue weighted by Gasteiger charge is 2.48. The predicted octanol–water partition coefficient (Wildman–Crippen LogP) is 3.53. The van der Waals surface area contributed by atoms with Gasteiger partial charge in [0, 0.05) is 29.9 Å². The van der Waals surface area contributed by atoms with E-state index in [4.69, 9.17) is 0 Å². The first-order valence-electron chi connectivity index (χ1n) is 9.36. The van der Waals surface area contributed by atoms with Gasteiger partial charge >= 0.3 is 0 Å². The summed E-state index contributed by atoms with van der Waals surface area (Å²) in [6.07, 6.45) is 7.43. The van der Waals surface area contributed by atoms with Gasteiger partial charge in [-0.2, -0.15) is 5.10 Å². The Hall–Kier alpha value is -1.98. The number of fused-ring (bicyclic) bond motifs is 2. The van der Waals surface area contributed by atoms with Crippen LogP contribution in [-0.2, 0) is 18.7 Å². The lowest BCUT2D eigenvalue weighted by Crippen LogP contribution is -2.49. The minimum atomic E-state index is -0.849. The second kappa shape index (κ2) is 6.63. The lowest BCUT2D eigenvalue weighted by atomic mass is 9.80. The summed E-state index contributed by atoms with van der Waals surface area (Å²) in [6, 6.07) is 7.05. The minimum Gasteiger partial charge on any atom is -0.385 e. The largest absolute Gasteiger partial charge is 0.385 e. The average Bonchev–Trinajstić information content (AvgIpc) is 3.07. The van der Waals surface area contributed by atoms with Gasteiger partial charge in [0.2, 0.25) is 0 Å². The number of allylic oxidation sites excluding steroid dienone is 1. The van der Waals surface area contributed by atoms with Crippen molar-refractivity contribution in [3.8, 4) is 0 Å². The van der Waals surface area contributed by atoms with Crippen LogP contribution in [0.25, 0.3) is 0 Å². The van der Waals surface area contributed by atoms with Crippen molar-refractivity contribution in [3.63, 3.8) is 0 Å². The standard InChI is InChI=1S/C21H26FN3O/c1-3-10-25-15(2)16(13-23-25)14-24-19-8-9-20(24)12-21(26,11-19)17-4-6-18(22)7-5-17/h3-7,13,19-20,26H,1,8-12,14H2,2H3. The molecule has 2 aliphatic rings. The summed E-state index contributed by atoms with van der Waals surface area (Å²) in [5, 5.41) is 15.7. The number of piperidine rings is 1. The molecule has 138 valence electrons. The van der Waals surface area contributed by atoms with Crippen LogP contribution in [0.4, 0.5) is 4.39 Å². The smallest absolute Gasteiger partial charge is 0.123 e. The molecule has 2 aromatic rings. The van der Waals surface area contributed by atoms with Crippen LogP contribution in [-0.4, -0.2) is 31.9 Å². The van der Waals surface area contributed by atoms with Crippen molar-refractivity contribution in [3.05, 3.63) is 65.8 Å². The molecule has 4 rings (SSSR count). The maximum Gasteiger partial charge on any atom is 0.123 e. The maximum absolute atomic E-state index is 13.2. The number of benzene rings is 1. The van der Waals surface area contributed by atoms with Crippen molar-refractivity contribution >= 4 is 0 Å². The fourth-order valence-electron chi connectivity index (χ4n) is 4.71. The molecule has 2 aliphatic heterocycles. The van der Waals surface area contributed by atoms with E-state index >= 15 is 0 Å². The Morgan fingerprint density at radius 2 is 1.92 bits per heavy atom. The highest BCUT2D eigenvalue weighted by Crippen LogP contribution is 2.46. The van der Waals surface area contributed by atoms with Gasteiger partial charge in [-0.15, -0.1) is 6.58 Å². The minimum absolute atomic E-state index is 0.259. The molecule has 1 aromatic heterocycles. The summed E-state index contributed by atoms with van der Waals surface area (Å²) >= 11 is 0. The van der Waals surface area contributed by atoms with Gasteiger partial charge in [-0.25, -0.2) is 4.39 Å². The van der Waals surface area contributed by atoms with Crippen LogP contribution in [0, 0.1) is 12.7 Å². The van der Waals surface area contributed by atoms with Crippen molar-refractivity contribution < 1.29 is 9.50 Å². The Bertz CT molecular complexity index is 784. The number of nitrogens with zero attached hydrogens (tertiary/aromatic N) is 3. The number of hydrogen-bond donors (Lipinski definition) is 1. The molecule has 4 nitrogen and oxygen atoms in total. The molecular weight excluding hydrogens is 329 g/mol. The van der Waals surface area contributed by atoms with E-state index in [9.17, 15) is 9.50 Å². The Morgan fingerprint density at radius 3 is 2.54 bits per heavy atom. The topological polar surface area (TPSA) is 41.3 Å². The molecule has 3 heterocycles. The second-order valence-electron chi connectivity index (χ2n) is 7.73. The van der Waals surface area contributed by atoms with E-state index in [1.54, 1.807) is 12.1 Å². The summed E-state index contributed by atoms with van der Waals surface area (Å²) in [7, 11) is 0. The van der Waals surface area contributed by atoms with Crippen LogP contribution in [0.15, 0.2) is 43.1 Å². The van der Waals surface area contributed by atoms with Crippen molar-refractivity contribution in [2.24, 2.45) is 0 Å². The third-order valence-corrected chi connectivity index (χ3v) is 6.16. The number of hydrogen-bond acceptors (Lipinski definition) is 3. The van der Waals surface area contributed by atoms with E-state index in [0.717, 1.165) is 31.5 Å². The van der Waals surface area contributed by atoms with Gasteiger partial charge in [0.05, 0.1) is 18.3 Å². The van der Waals surface area contributed by atoms with Gasteiger partial charge in [-0.05, 0) is 50.3 Å². The summed E-state index contributed by atoms with van der Waals surface area (Å²) in [4.78, 5) is 2.53. The van der Waals surface area contributed by atoms with Crippen LogP contribution < -0.4 is 0 Å². The Morgan fingerprint density at radius 1 is 1.27 bits per heavy atom. The van der Waals surface area contributed by atoms with Crippen LogP contribution in [0.3, 0.4) is 0 Å². The highest BCUT2D eigenvalue weighted by atomic mass is 19.1. The molecule has 0 aliphatic carbocycles. The molecule has 26 heavy (non-hydrogen) atoms. The van der Waals surface area contributed by atoms with Crippen molar-refractivity contribution in [2.75, 3.05) is 0 Å².